The molecule has 1 aliphatic rings. The molecule has 1 atom stereocenters. The highest BCUT2D eigenvalue weighted by Crippen LogP contribution is 2.28. The minimum absolute atomic E-state index is 0.0331. The lowest BCUT2D eigenvalue weighted by Crippen LogP contribution is -2.38. The van der Waals surface area contributed by atoms with Crippen molar-refractivity contribution in [1.29, 1.82) is 0 Å². The molecule has 1 heterocycles. The maximum atomic E-state index is 14.1. The molecule has 132 valence electrons. The summed E-state index contributed by atoms with van der Waals surface area (Å²) in [7, 11) is 0. The molecule has 0 aliphatic carbocycles. The van der Waals surface area contributed by atoms with Gasteiger partial charge in [0.05, 0.1) is 24.8 Å². The highest BCUT2D eigenvalue weighted by atomic mass is 19.1. The van der Waals surface area contributed by atoms with E-state index in [9.17, 15) is 19.1 Å². The van der Waals surface area contributed by atoms with E-state index in [1.807, 2.05) is 0 Å². The standard InChI is InChI=1S/C16H21FN2O5/c17-12-7-11(16(23)19-5-1-3-10(19)9-20)13(18)8-14(12)24-6-2-4-15(21)22/h7-8,10,20H,1-6,9,18H2,(H,21,22)/t10-/m0/s1. The summed E-state index contributed by atoms with van der Waals surface area (Å²) in [4.78, 5) is 24.4. The lowest BCUT2D eigenvalue weighted by atomic mass is 10.1. The zero-order valence-corrected chi connectivity index (χ0v) is 13.2. The van der Waals surface area contributed by atoms with E-state index in [1.165, 1.54) is 11.0 Å². The van der Waals surface area contributed by atoms with Gasteiger partial charge in [-0.25, -0.2) is 4.39 Å². The third-order valence-electron chi connectivity index (χ3n) is 3.98. The van der Waals surface area contributed by atoms with Crippen molar-refractivity contribution < 1.29 is 28.9 Å². The van der Waals surface area contributed by atoms with Crippen LogP contribution in [0, 0.1) is 5.82 Å². The van der Waals surface area contributed by atoms with Crippen LogP contribution in [0.4, 0.5) is 10.1 Å². The Morgan fingerprint density at radius 1 is 1.42 bits per heavy atom. The first kappa shape index (κ1) is 18.0. The van der Waals surface area contributed by atoms with Gasteiger partial charge >= 0.3 is 5.97 Å². The number of amides is 1. The van der Waals surface area contributed by atoms with Crippen molar-refractivity contribution in [3.05, 3.63) is 23.5 Å². The molecule has 1 amide bonds. The van der Waals surface area contributed by atoms with E-state index in [2.05, 4.69) is 0 Å². The number of benzene rings is 1. The van der Waals surface area contributed by atoms with Gasteiger partial charge in [-0.3, -0.25) is 9.59 Å². The number of halogens is 1. The number of likely N-dealkylation sites (tertiary alicyclic amines) is 1. The van der Waals surface area contributed by atoms with Crippen LogP contribution in [0.1, 0.15) is 36.0 Å². The molecule has 2 rings (SSSR count). The molecule has 1 aromatic rings. The third-order valence-corrected chi connectivity index (χ3v) is 3.98. The second kappa shape index (κ2) is 7.96. The van der Waals surface area contributed by atoms with Crippen LogP contribution in [-0.2, 0) is 4.79 Å². The molecule has 0 spiro atoms. The second-order valence-electron chi connectivity index (χ2n) is 5.69. The predicted octanol–water partition coefficient (Wildman–Crippen LogP) is 1.25. The molecule has 24 heavy (non-hydrogen) atoms. The van der Waals surface area contributed by atoms with E-state index < -0.39 is 17.7 Å². The number of carboxylic acid groups (broad SMARTS) is 1. The predicted molar refractivity (Wildman–Crippen MR) is 84.3 cm³/mol. The van der Waals surface area contributed by atoms with Gasteiger partial charge in [-0.1, -0.05) is 0 Å². The molecule has 1 fully saturated rings. The summed E-state index contributed by atoms with van der Waals surface area (Å²) in [5.41, 5.74) is 5.96. The van der Waals surface area contributed by atoms with Crippen LogP contribution in [-0.4, -0.2) is 52.8 Å². The fraction of sp³-hybridized carbons (Fsp3) is 0.500. The minimum Gasteiger partial charge on any atom is -0.490 e. The summed E-state index contributed by atoms with van der Waals surface area (Å²) >= 11 is 0. The Balaban J connectivity index is 2.08. The van der Waals surface area contributed by atoms with Gasteiger partial charge in [-0.05, 0) is 25.3 Å². The molecule has 0 unspecified atom stereocenters. The van der Waals surface area contributed by atoms with E-state index >= 15 is 0 Å². The molecule has 7 nitrogen and oxygen atoms in total. The number of aliphatic hydroxyl groups excluding tert-OH is 1. The minimum atomic E-state index is -0.955. The summed E-state index contributed by atoms with van der Waals surface area (Å²) in [6, 6.07) is 1.98. The molecular weight excluding hydrogens is 319 g/mol. The van der Waals surface area contributed by atoms with Gasteiger partial charge in [-0.15, -0.1) is 0 Å². The molecule has 1 aromatic carbocycles. The van der Waals surface area contributed by atoms with Gasteiger partial charge in [0, 0.05) is 24.7 Å². The lowest BCUT2D eigenvalue weighted by Gasteiger charge is -2.24. The number of hydrogen-bond acceptors (Lipinski definition) is 5. The molecular formula is C16H21FN2O5. The highest BCUT2D eigenvalue weighted by Gasteiger charge is 2.30. The summed E-state index contributed by atoms with van der Waals surface area (Å²) in [5, 5.41) is 17.8. The molecule has 0 radical (unpaired) electrons. The molecule has 0 saturated carbocycles. The number of nitrogen functional groups attached to an aromatic ring is 1. The fourth-order valence-electron chi connectivity index (χ4n) is 2.72. The van der Waals surface area contributed by atoms with E-state index in [1.54, 1.807) is 0 Å². The molecule has 4 N–H and O–H groups in total. The molecule has 0 aromatic heterocycles. The molecule has 1 saturated heterocycles. The van der Waals surface area contributed by atoms with E-state index in [0.29, 0.717) is 13.0 Å². The van der Waals surface area contributed by atoms with Crippen molar-refractivity contribution in [2.45, 2.75) is 31.7 Å². The Hall–Kier alpha value is -2.35. The fourth-order valence-corrected chi connectivity index (χ4v) is 2.72. The largest absolute Gasteiger partial charge is 0.490 e. The van der Waals surface area contributed by atoms with Crippen LogP contribution in [0.5, 0.6) is 5.75 Å². The number of carbonyl (C=O) groups excluding carboxylic acids is 1. The average molecular weight is 340 g/mol. The average Bonchev–Trinajstić information content (AvgIpc) is 3.02. The number of hydrogen-bond donors (Lipinski definition) is 3. The summed E-state index contributed by atoms with van der Waals surface area (Å²) in [5.74, 6) is -2.22. The monoisotopic (exact) mass is 340 g/mol. The van der Waals surface area contributed by atoms with Crippen LogP contribution in [0.15, 0.2) is 12.1 Å². The Bertz CT molecular complexity index is 623. The normalized spacial score (nSPS) is 17.1. The van der Waals surface area contributed by atoms with Crippen LogP contribution < -0.4 is 10.5 Å². The van der Waals surface area contributed by atoms with Crippen molar-refractivity contribution in [2.75, 3.05) is 25.5 Å². The summed E-state index contributed by atoms with van der Waals surface area (Å²) in [6.45, 7) is 0.395. The molecule has 1 aliphatic heterocycles. The van der Waals surface area contributed by atoms with Crippen molar-refractivity contribution in [2.24, 2.45) is 0 Å². The Morgan fingerprint density at radius 2 is 2.17 bits per heavy atom. The number of anilines is 1. The lowest BCUT2D eigenvalue weighted by molar-refractivity contribution is -0.137. The van der Waals surface area contributed by atoms with Crippen molar-refractivity contribution in [3.63, 3.8) is 0 Å². The zero-order chi connectivity index (χ0) is 17.7. The number of nitrogens with zero attached hydrogens (tertiary/aromatic N) is 1. The number of nitrogens with two attached hydrogens (primary N) is 1. The maximum absolute atomic E-state index is 14.1. The van der Waals surface area contributed by atoms with Crippen molar-refractivity contribution in [1.82, 2.24) is 4.90 Å². The zero-order valence-electron chi connectivity index (χ0n) is 13.2. The Labute approximate surface area is 138 Å². The quantitative estimate of drug-likeness (QED) is 0.508. The highest BCUT2D eigenvalue weighted by molar-refractivity contribution is 5.99. The Kier molecular flexibility index (Phi) is 5.97. The summed E-state index contributed by atoms with van der Waals surface area (Å²) < 4.78 is 19.3. The maximum Gasteiger partial charge on any atom is 0.303 e. The van der Waals surface area contributed by atoms with Crippen LogP contribution >= 0.6 is 0 Å². The number of aliphatic hydroxyl groups is 1. The van der Waals surface area contributed by atoms with E-state index in [0.717, 1.165) is 12.5 Å². The van der Waals surface area contributed by atoms with Crippen LogP contribution in [0.3, 0.4) is 0 Å². The molecule has 0 bridgehead atoms. The molecule has 8 heteroatoms. The van der Waals surface area contributed by atoms with Gasteiger partial charge < -0.3 is 25.6 Å². The van der Waals surface area contributed by atoms with Gasteiger partial charge in [0.15, 0.2) is 11.6 Å². The van der Waals surface area contributed by atoms with Gasteiger partial charge in [0.2, 0.25) is 0 Å². The first-order chi connectivity index (χ1) is 11.4. The van der Waals surface area contributed by atoms with Gasteiger partial charge in [0.1, 0.15) is 0 Å². The summed E-state index contributed by atoms with van der Waals surface area (Å²) in [6.07, 6.45) is 1.64. The van der Waals surface area contributed by atoms with Crippen molar-refractivity contribution >= 4 is 17.6 Å². The number of carbonyl (C=O) groups is 2. The first-order valence-electron chi connectivity index (χ1n) is 7.79. The number of ether oxygens (including phenoxy) is 1. The van der Waals surface area contributed by atoms with Crippen molar-refractivity contribution in [3.8, 4) is 5.75 Å². The number of aliphatic carboxylic acids is 1. The Morgan fingerprint density at radius 3 is 2.83 bits per heavy atom. The van der Waals surface area contributed by atoms with Crippen LogP contribution in [0.2, 0.25) is 0 Å². The van der Waals surface area contributed by atoms with Gasteiger partial charge in [0.25, 0.3) is 5.91 Å². The number of carboxylic acids is 1. The second-order valence-corrected chi connectivity index (χ2v) is 5.69. The smallest absolute Gasteiger partial charge is 0.303 e. The SMILES string of the molecule is Nc1cc(OCCCC(=O)O)c(F)cc1C(=O)N1CCC[C@H]1CO. The topological polar surface area (TPSA) is 113 Å². The van der Waals surface area contributed by atoms with Crippen LogP contribution in [0.25, 0.3) is 0 Å². The van der Waals surface area contributed by atoms with E-state index in [4.69, 9.17) is 15.6 Å². The third kappa shape index (κ3) is 4.14. The van der Waals surface area contributed by atoms with Gasteiger partial charge in [-0.2, -0.15) is 0 Å². The van der Waals surface area contributed by atoms with E-state index in [-0.39, 0.29) is 49.1 Å². The first-order valence-corrected chi connectivity index (χ1v) is 7.79. The number of rotatable bonds is 7.